The smallest absolute Gasteiger partial charge is 0.364 e. The van der Waals surface area contributed by atoms with Crippen LogP contribution in [0.15, 0.2) is 97.3 Å². The maximum Gasteiger partial charge on any atom is 0.435 e. The molecule has 3 amide bonds. The van der Waals surface area contributed by atoms with Crippen LogP contribution in [0.25, 0.3) is 33.7 Å². The molecule has 27 heteroatoms. The average Bonchev–Trinajstić information content (AvgIpc) is 3.98. The van der Waals surface area contributed by atoms with Gasteiger partial charge in [0.15, 0.2) is 34.8 Å². The van der Waals surface area contributed by atoms with E-state index in [-0.39, 0.29) is 56.9 Å². The largest absolute Gasteiger partial charge is 0.435 e. The molecule has 7 heterocycles. The molecule has 2 aliphatic carbocycles. The van der Waals surface area contributed by atoms with Gasteiger partial charge in [0, 0.05) is 23.2 Å². The number of hydrogen-bond donors (Lipinski definition) is 4. The molecule has 354 valence electrons. The van der Waals surface area contributed by atoms with Gasteiger partial charge < -0.3 is 16.4 Å². The lowest BCUT2D eigenvalue weighted by Gasteiger charge is -2.36. The molecule has 5 N–H and O–H groups in total. The quantitative estimate of drug-likeness (QED) is 0.103. The Morgan fingerprint density at radius 1 is 0.671 bits per heavy atom. The molecule has 2 fully saturated rings. The number of nitrogens with one attached hydrogen (secondary N) is 3. The van der Waals surface area contributed by atoms with Crippen LogP contribution in [0.5, 0.6) is 0 Å². The molecule has 70 heavy (non-hydrogen) atoms. The lowest BCUT2D eigenvalue weighted by Crippen LogP contribution is -2.58. The van der Waals surface area contributed by atoms with Gasteiger partial charge in [0.1, 0.15) is 22.2 Å². The number of H-pyrrole nitrogens is 1. The first kappa shape index (κ1) is 43.6. The van der Waals surface area contributed by atoms with Crippen molar-refractivity contribution in [2.24, 2.45) is 5.73 Å². The summed E-state index contributed by atoms with van der Waals surface area (Å²) in [5, 5.41) is 41.5. The Labute approximate surface area is 387 Å². The van der Waals surface area contributed by atoms with Crippen LogP contribution in [0.4, 0.5) is 37.7 Å². The maximum absolute atomic E-state index is 15.9. The maximum atomic E-state index is 15.9. The van der Waals surface area contributed by atoms with Crippen molar-refractivity contribution in [1.82, 2.24) is 74.9 Å². The van der Waals surface area contributed by atoms with Gasteiger partial charge in [0.2, 0.25) is 5.54 Å². The number of aromatic amines is 1. The van der Waals surface area contributed by atoms with Crippen molar-refractivity contribution in [3.05, 3.63) is 131 Å². The molecule has 11 rings (SSSR count). The second-order valence-electron chi connectivity index (χ2n) is 16.6. The zero-order valence-electron chi connectivity index (χ0n) is 35.6. The minimum atomic E-state index is -4.73. The first-order chi connectivity index (χ1) is 33.6. The summed E-state index contributed by atoms with van der Waals surface area (Å²) in [6, 6.07) is 18.0. The Balaban J connectivity index is 1.06. The van der Waals surface area contributed by atoms with Gasteiger partial charge >= 0.3 is 12.4 Å². The third-order valence-electron chi connectivity index (χ3n) is 11.9. The summed E-state index contributed by atoms with van der Waals surface area (Å²) in [7, 11) is 0. The summed E-state index contributed by atoms with van der Waals surface area (Å²) in [6.45, 7) is 0. The Morgan fingerprint density at radius 3 is 1.70 bits per heavy atom. The van der Waals surface area contributed by atoms with Crippen molar-refractivity contribution in [2.75, 3.05) is 10.6 Å². The molecular formula is C43H32F6N18O3. The number of amides is 3. The van der Waals surface area contributed by atoms with Gasteiger partial charge in [0.25, 0.3) is 17.7 Å². The topological polar surface area (TPSA) is 266 Å². The number of anilines is 2. The SMILES string of the molecule is NC(=O)c1n[nH]nc1C(C(=O)Nc1ccc(-n2nc(C(F)(F)F)cc2C2CC2)nc1)(C(C(=O)Nc1ccc(-n2nc(C(F)(F)F)cc2C2CC2)nc1)n1nc2ccccc2n1)n1nnc2ccccc21. The number of halogens is 6. The van der Waals surface area contributed by atoms with E-state index in [0.717, 1.165) is 37.2 Å². The third-order valence-corrected chi connectivity index (χ3v) is 11.9. The standard InChI is InChI=1S/C43H32F6N18O3/c44-42(45,46)31-17-29(21-9-10-21)64(60-31)33-15-13-23(19-51-33)53-39(69)37(67-58-25-5-1-2-6-26(25)59-67)41(36-35(38(50)68)56-62-57-36,66-28-8-4-3-7-27(28)55-63-66)40(70)54-24-14-16-34(52-20-24)65-30(22-11-12-22)18-32(61-65)43(47,48)49/h1-8,13-22,37H,9-12H2,(H2,50,68)(H,53,69)(H,54,70)(H,56,57,62). The monoisotopic (exact) mass is 962 g/mol. The number of carbonyl (C=O) groups is 3. The molecule has 2 atom stereocenters. The fourth-order valence-electron chi connectivity index (χ4n) is 8.31. The number of fused-ring (bicyclic) bond motifs is 2. The number of alkyl halides is 6. The summed E-state index contributed by atoms with van der Waals surface area (Å²) in [6.07, 6.45) is -4.51. The molecule has 2 aromatic carbocycles. The van der Waals surface area contributed by atoms with E-state index in [1.54, 1.807) is 42.5 Å². The highest BCUT2D eigenvalue weighted by atomic mass is 19.4. The summed E-state index contributed by atoms with van der Waals surface area (Å²) in [4.78, 5) is 54.3. The van der Waals surface area contributed by atoms with Gasteiger partial charge in [-0.15, -0.1) is 5.10 Å². The number of para-hydroxylation sites is 1. The predicted octanol–water partition coefficient (Wildman–Crippen LogP) is 5.61. The van der Waals surface area contributed by atoms with Crippen molar-refractivity contribution in [3.8, 4) is 11.6 Å². The number of nitrogens with zero attached hydrogens (tertiary/aromatic N) is 14. The number of hydrogen-bond acceptors (Lipinski definition) is 13. The predicted molar refractivity (Wildman–Crippen MR) is 230 cm³/mol. The van der Waals surface area contributed by atoms with Crippen LogP contribution in [-0.4, -0.2) is 92.6 Å². The van der Waals surface area contributed by atoms with Crippen molar-refractivity contribution in [1.29, 1.82) is 0 Å². The minimum absolute atomic E-state index is 0.00197. The van der Waals surface area contributed by atoms with Crippen LogP contribution < -0.4 is 16.4 Å². The van der Waals surface area contributed by atoms with Crippen molar-refractivity contribution >= 4 is 51.2 Å². The molecule has 9 aromatic rings. The Morgan fingerprint density at radius 2 is 1.20 bits per heavy atom. The van der Waals surface area contributed by atoms with Gasteiger partial charge in [-0.05, 0) is 86.3 Å². The number of primary amides is 1. The first-order valence-corrected chi connectivity index (χ1v) is 21.3. The van der Waals surface area contributed by atoms with Crippen molar-refractivity contribution < 1.29 is 40.7 Å². The second kappa shape index (κ2) is 16.1. The lowest BCUT2D eigenvalue weighted by molar-refractivity contribution is -0.142. The third kappa shape index (κ3) is 7.59. The summed E-state index contributed by atoms with van der Waals surface area (Å²) >= 11 is 0. The highest BCUT2D eigenvalue weighted by Crippen LogP contribution is 2.45. The molecule has 0 spiro atoms. The number of nitrogens with two attached hydrogens (primary N) is 1. The average molecular weight is 963 g/mol. The highest BCUT2D eigenvalue weighted by Gasteiger charge is 2.60. The van der Waals surface area contributed by atoms with E-state index in [2.05, 4.69) is 66.7 Å². The molecule has 0 bridgehead atoms. The molecule has 2 unspecified atom stereocenters. The summed E-state index contributed by atoms with van der Waals surface area (Å²) in [5.41, 5.74) is 1.05. The van der Waals surface area contributed by atoms with Gasteiger partial charge in [0.05, 0.1) is 29.3 Å². The summed E-state index contributed by atoms with van der Waals surface area (Å²) in [5.74, 6) is -3.74. The van der Waals surface area contributed by atoms with Crippen LogP contribution >= 0.6 is 0 Å². The van der Waals surface area contributed by atoms with Crippen LogP contribution in [-0.2, 0) is 27.5 Å². The second-order valence-corrected chi connectivity index (χ2v) is 16.6. The van der Waals surface area contributed by atoms with E-state index >= 15 is 9.59 Å². The van der Waals surface area contributed by atoms with Gasteiger partial charge in [-0.1, -0.05) is 29.5 Å². The molecular weight excluding hydrogens is 931 g/mol. The van der Waals surface area contributed by atoms with Crippen LogP contribution in [0.3, 0.4) is 0 Å². The Kier molecular flexibility index (Phi) is 10.1. The molecule has 7 aromatic heterocycles. The number of benzene rings is 2. The molecule has 0 saturated heterocycles. The fourth-order valence-corrected chi connectivity index (χ4v) is 8.31. The van der Waals surface area contributed by atoms with E-state index in [9.17, 15) is 31.1 Å². The van der Waals surface area contributed by atoms with Crippen molar-refractivity contribution in [2.45, 2.75) is 61.5 Å². The molecule has 2 saturated carbocycles. The molecule has 0 radical (unpaired) electrons. The highest BCUT2D eigenvalue weighted by molar-refractivity contribution is 6.08. The van der Waals surface area contributed by atoms with Crippen molar-refractivity contribution in [3.63, 3.8) is 0 Å². The normalized spacial score (nSPS) is 15.5. The van der Waals surface area contributed by atoms with Crippen LogP contribution in [0.2, 0.25) is 0 Å². The van der Waals surface area contributed by atoms with E-state index in [1.165, 1.54) is 36.5 Å². The zero-order valence-corrected chi connectivity index (χ0v) is 35.6. The minimum Gasteiger partial charge on any atom is -0.364 e. The van der Waals surface area contributed by atoms with E-state index in [0.29, 0.717) is 37.1 Å². The first-order valence-electron chi connectivity index (χ1n) is 21.3. The van der Waals surface area contributed by atoms with Crippen LogP contribution in [0.1, 0.15) is 82.5 Å². The lowest BCUT2D eigenvalue weighted by atomic mass is 9.82. The number of pyridine rings is 2. The van der Waals surface area contributed by atoms with E-state index < -0.39 is 64.4 Å². The van der Waals surface area contributed by atoms with Crippen LogP contribution in [0, 0.1) is 0 Å². The Bertz CT molecular complexity index is 3460. The number of rotatable bonds is 13. The number of carbonyl (C=O) groups excluding carboxylic acids is 3. The number of aromatic nitrogens is 15. The molecule has 0 aliphatic heterocycles. The zero-order chi connectivity index (χ0) is 48.7. The molecule has 21 nitrogen and oxygen atoms in total. The Hall–Kier alpha value is -8.91. The van der Waals surface area contributed by atoms with E-state index in [1.807, 2.05) is 0 Å². The van der Waals surface area contributed by atoms with Gasteiger partial charge in [-0.3, -0.25) is 14.4 Å². The molecule has 2 aliphatic rings. The van der Waals surface area contributed by atoms with Gasteiger partial charge in [-0.2, -0.15) is 66.9 Å². The summed E-state index contributed by atoms with van der Waals surface area (Å²) < 4.78 is 86.0. The van der Waals surface area contributed by atoms with Gasteiger partial charge in [-0.25, -0.2) is 24.0 Å². The fraction of sp³-hybridized carbons (Fsp3) is 0.233. The van der Waals surface area contributed by atoms with E-state index in [4.69, 9.17) is 5.73 Å².